The number of hydrogen-bond donors (Lipinski definition) is 0. The number of nitrogens with zero attached hydrogens (tertiary/aromatic N) is 6. The van der Waals surface area contributed by atoms with Gasteiger partial charge < -0.3 is 14.4 Å². The van der Waals surface area contributed by atoms with Gasteiger partial charge in [-0.05, 0) is 12.1 Å². The third-order valence-corrected chi connectivity index (χ3v) is 8.55. The zero-order chi connectivity index (χ0) is 23.7. The molecule has 5 rings (SSSR count). The average Bonchev–Trinajstić information content (AvgIpc) is 3.26. The summed E-state index contributed by atoms with van der Waals surface area (Å²) in [5.74, 6) is 2.18. The van der Waals surface area contributed by atoms with Gasteiger partial charge in [-0.25, -0.2) is 18.4 Å². The van der Waals surface area contributed by atoms with Gasteiger partial charge in [0.1, 0.15) is 5.75 Å². The van der Waals surface area contributed by atoms with E-state index in [1.165, 1.54) is 11.1 Å². The summed E-state index contributed by atoms with van der Waals surface area (Å²) in [4.78, 5) is 19.8. The van der Waals surface area contributed by atoms with Gasteiger partial charge in [0.05, 0.1) is 42.4 Å². The van der Waals surface area contributed by atoms with E-state index in [4.69, 9.17) is 19.4 Å². The summed E-state index contributed by atoms with van der Waals surface area (Å²) in [5, 5.41) is 0. The van der Waals surface area contributed by atoms with Crippen LogP contribution in [0.2, 0.25) is 0 Å². The van der Waals surface area contributed by atoms with Crippen LogP contribution in [0.15, 0.2) is 24.5 Å². The summed E-state index contributed by atoms with van der Waals surface area (Å²) in [6.07, 6.45) is 4.70. The van der Waals surface area contributed by atoms with E-state index in [0.29, 0.717) is 51.0 Å². The second kappa shape index (κ2) is 9.70. The molecule has 3 aromatic rings. The van der Waals surface area contributed by atoms with Crippen LogP contribution in [-0.4, -0.2) is 98.4 Å². The second-order valence-electron chi connectivity index (χ2n) is 8.41. The first-order chi connectivity index (χ1) is 16.4. The van der Waals surface area contributed by atoms with Gasteiger partial charge in [-0.2, -0.15) is 4.31 Å². The Hall–Kier alpha value is -2.38. The fourth-order valence-electron chi connectivity index (χ4n) is 4.32. The molecule has 0 spiro atoms. The number of thiophene rings is 1. The normalized spacial score (nSPS) is 18.5. The molecule has 0 aliphatic carbocycles. The lowest BCUT2D eigenvalue weighted by atomic mass is 10.2. The molecule has 2 saturated heterocycles. The topological polar surface area (TPSA) is 101 Å². The lowest BCUT2D eigenvalue weighted by Gasteiger charge is -2.32. The van der Waals surface area contributed by atoms with Gasteiger partial charge >= 0.3 is 0 Å². The molecule has 0 radical (unpaired) electrons. The van der Waals surface area contributed by atoms with Gasteiger partial charge in [0.15, 0.2) is 11.6 Å². The molecule has 0 saturated carbocycles. The van der Waals surface area contributed by atoms with Crippen molar-refractivity contribution in [1.29, 1.82) is 0 Å². The van der Waals surface area contributed by atoms with Crippen molar-refractivity contribution in [2.24, 2.45) is 0 Å². The monoisotopic (exact) mass is 504 g/mol. The van der Waals surface area contributed by atoms with Crippen molar-refractivity contribution in [3.05, 3.63) is 29.4 Å². The summed E-state index contributed by atoms with van der Waals surface area (Å²) < 4.78 is 37.3. The summed E-state index contributed by atoms with van der Waals surface area (Å²) in [6.45, 7) is 6.10. The van der Waals surface area contributed by atoms with E-state index < -0.39 is 10.0 Å². The van der Waals surface area contributed by atoms with Crippen LogP contribution in [-0.2, 0) is 21.3 Å². The highest BCUT2D eigenvalue weighted by Crippen LogP contribution is 2.36. The third kappa shape index (κ3) is 4.86. The lowest BCUT2D eigenvalue weighted by molar-refractivity contribution is 0.122. The van der Waals surface area contributed by atoms with Gasteiger partial charge in [0, 0.05) is 63.1 Å². The lowest BCUT2D eigenvalue weighted by Crippen LogP contribution is -2.47. The first-order valence-electron chi connectivity index (χ1n) is 11.2. The molecule has 0 N–H and O–H groups in total. The Bertz CT molecular complexity index is 1270. The molecule has 0 amide bonds. The fraction of sp³-hybridized carbons (Fsp3) is 0.500. The van der Waals surface area contributed by atoms with Gasteiger partial charge in [-0.3, -0.25) is 9.88 Å². The van der Waals surface area contributed by atoms with Crippen molar-refractivity contribution in [2.75, 3.05) is 70.7 Å². The van der Waals surface area contributed by atoms with Crippen LogP contribution in [0.3, 0.4) is 0 Å². The molecule has 2 aliphatic heterocycles. The van der Waals surface area contributed by atoms with Crippen LogP contribution >= 0.6 is 11.3 Å². The molecule has 2 aliphatic rings. The molecule has 3 aromatic heterocycles. The number of ether oxygens (including phenoxy) is 2. The maximum atomic E-state index is 11.8. The summed E-state index contributed by atoms with van der Waals surface area (Å²) in [6, 6.07) is 3.94. The zero-order valence-corrected chi connectivity index (χ0v) is 20.9. The standard InChI is InChI=1S/C22H28N6O4S2/c1-31-19-3-4-23-14-17(19)21-24-18-13-16(15-26-5-7-28(8-6-26)34(2,29)30)33-20(18)22(25-21)27-9-11-32-12-10-27/h3-4,13-14H,5-12,15H2,1-2H3. The molecule has 2 fully saturated rings. The quantitative estimate of drug-likeness (QED) is 0.496. The molecule has 182 valence electrons. The Morgan fingerprint density at radius 2 is 1.88 bits per heavy atom. The Morgan fingerprint density at radius 3 is 2.59 bits per heavy atom. The third-order valence-electron chi connectivity index (χ3n) is 6.14. The highest BCUT2D eigenvalue weighted by atomic mass is 32.2. The van der Waals surface area contributed by atoms with E-state index in [-0.39, 0.29) is 0 Å². The molecule has 12 heteroatoms. The van der Waals surface area contributed by atoms with Crippen LogP contribution < -0.4 is 9.64 Å². The van der Waals surface area contributed by atoms with Crippen LogP contribution in [0.25, 0.3) is 21.6 Å². The van der Waals surface area contributed by atoms with E-state index in [1.807, 2.05) is 6.07 Å². The maximum Gasteiger partial charge on any atom is 0.211 e. The predicted octanol–water partition coefficient (Wildman–Crippen LogP) is 1.68. The number of pyridine rings is 1. The first-order valence-corrected chi connectivity index (χ1v) is 13.9. The predicted molar refractivity (Wildman–Crippen MR) is 132 cm³/mol. The number of methoxy groups -OCH3 is 1. The minimum absolute atomic E-state index is 0.521. The van der Waals surface area contributed by atoms with E-state index in [1.54, 1.807) is 35.1 Å². The molecule has 0 aromatic carbocycles. The highest BCUT2D eigenvalue weighted by Gasteiger charge is 2.25. The van der Waals surface area contributed by atoms with Crippen molar-refractivity contribution >= 4 is 37.4 Å². The molecule has 34 heavy (non-hydrogen) atoms. The average molecular weight is 505 g/mol. The summed E-state index contributed by atoms with van der Waals surface area (Å²) >= 11 is 1.70. The number of fused-ring (bicyclic) bond motifs is 1. The van der Waals surface area contributed by atoms with Gasteiger partial charge in [0.25, 0.3) is 0 Å². The SMILES string of the molecule is COc1ccncc1-c1nc(N2CCOCC2)c2sc(CN3CCN(S(C)(=O)=O)CC3)cc2n1. The van der Waals surface area contributed by atoms with E-state index in [2.05, 4.69) is 20.9 Å². The largest absolute Gasteiger partial charge is 0.496 e. The number of morpholine rings is 1. The van der Waals surface area contributed by atoms with Crippen LogP contribution in [0, 0.1) is 0 Å². The van der Waals surface area contributed by atoms with Crippen molar-refractivity contribution < 1.29 is 17.9 Å². The molecular weight excluding hydrogens is 476 g/mol. The molecule has 0 atom stereocenters. The Morgan fingerprint density at radius 1 is 1.12 bits per heavy atom. The molecule has 10 nitrogen and oxygen atoms in total. The second-order valence-corrected chi connectivity index (χ2v) is 11.5. The number of anilines is 1. The minimum atomic E-state index is -3.14. The van der Waals surface area contributed by atoms with Crippen molar-refractivity contribution in [3.8, 4) is 17.1 Å². The number of hydrogen-bond acceptors (Lipinski definition) is 10. The number of sulfonamides is 1. The van der Waals surface area contributed by atoms with Crippen LogP contribution in [0.1, 0.15) is 4.88 Å². The van der Waals surface area contributed by atoms with Gasteiger partial charge in [-0.15, -0.1) is 11.3 Å². The molecular formula is C22H28N6O4S2. The Kier molecular flexibility index (Phi) is 6.67. The summed E-state index contributed by atoms with van der Waals surface area (Å²) in [7, 11) is -1.51. The minimum Gasteiger partial charge on any atom is -0.496 e. The van der Waals surface area contributed by atoms with Crippen molar-refractivity contribution in [3.63, 3.8) is 0 Å². The molecule has 0 unspecified atom stereocenters. The van der Waals surface area contributed by atoms with E-state index in [0.717, 1.165) is 41.2 Å². The van der Waals surface area contributed by atoms with Crippen molar-refractivity contribution in [1.82, 2.24) is 24.2 Å². The first kappa shape index (κ1) is 23.4. The Labute approximate surface area is 203 Å². The number of piperazine rings is 1. The number of rotatable bonds is 6. The van der Waals surface area contributed by atoms with E-state index in [9.17, 15) is 8.42 Å². The van der Waals surface area contributed by atoms with Gasteiger partial charge in [0.2, 0.25) is 10.0 Å². The van der Waals surface area contributed by atoms with Crippen LogP contribution in [0.5, 0.6) is 5.75 Å². The summed E-state index contributed by atoms with van der Waals surface area (Å²) in [5.41, 5.74) is 1.65. The van der Waals surface area contributed by atoms with Gasteiger partial charge in [-0.1, -0.05) is 0 Å². The maximum absolute atomic E-state index is 11.8. The fourth-order valence-corrected chi connectivity index (χ4v) is 6.30. The molecule has 0 bridgehead atoms. The zero-order valence-electron chi connectivity index (χ0n) is 19.3. The number of aromatic nitrogens is 3. The van der Waals surface area contributed by atoms with E-state index >= 15 is 0 Å². The molecule has 5 heterocycles. The Balaban J connectivity index is 1.47. The van der Waals surface area contributed by atoms with Crippen LogP contribution in [0.4, 0.5) is 5.82 Å². The smallest absolute Gasteiger partial charge is 0.211 e. The highest BCUT2D eigenvalue weighted by molar-refractivity contribution is 7.88. The van der Waals surface area contributed by atoms with Crippen molar-refractivity contribution in [2.45, 2.75) is 6.54 Å².